The number of amides is 1. The van der Waals surface area contributed by atoms with Gasteiger partial charge in [0.05, 0.1) is 0 Å². The van der Waals surface area contributed by atoms with Gasteiger partial charge in [-0.3, -0.25) is 4.79 Å². The zero-order valence-corrected chi connectivity index (χ0v) is 14.0. The van der Waals surface area contributed by atoms with Crippen LogP contribution in [-0.4, -0.2) is 11.0 Å². The lowest BCUT2D eigenvalue weighted by atomic mass is 10.1. The van der Waals surface area contributed by atoms with Gasteiger partial charge in [-0.1, -0.05) is 23.7 Å². The molecular formula is C20H16ClNO3. The minimum absolute atomic E-state index is 0.131. The number of benzene rings is 2. The van der Waals surface area contributed by atoms with Crippen LogP contribution in [0.1, 0.15) is 11.3 Å². The molecule has 0 bridgehead atoms. The van der Waals surface area contributed by atoms with Gasteiger partial charge in [-0.2, -0.15) is 0 Å². The number of hydrogen-bond acceptors (Lipinski definition) is 3. The summed E-state index contributed by atoms with van der Waals surface area (Å²) in [6.45, 7) is -0.131. The number of anilines is 1. The van der Waals surface area contributed by atoms with Crippen LogP contribution in [0.15, 0.2) is 71.2 Å². The van der Waals surface area contributed by atoms with E-state index in [-0.39, 0.29) is 12.5 Å². The first-order chi connectivity index (χ1) is 12.1. The van der Waals surface area contributed by atoms with E-state index in [1.165, 1.54) is 6.08 Å². The van der Waals surface area contributed by atoms with Crippen molar-refractivity contribution in [2.75, 3.05) is 5.32 Å². The lowest BCUT2D eigenvalue weighted by Gasteiger charge is -2.03. The van der Waals surface area contributed by atoms with Crippen molar-refractivity contribution in [3.05, 3.63) is 83.1 Å². The molecule has 0 aliphatic heterocycles. The molecule has 0 fully saturated rings. The summed E-state index contributed by atoms with van der Waals surface area (Å²) in [4.78, 5) is 12.0. The van der Waals surface area contributed by atoms with Gasteiger partial charge in [-0.15, -0.1) is 0 Å². The summed E-state index contributed by atoms with van der Waals surface area (Å²) in [5, 5.41) is 12.5. The van der Waals surface area contributed by atoms with Gasteiger partial charge in [0.2, 0.25) is 5.91 Å². The molecule has 4 nitrogen and oxygen atoms in total. The number of furan rings is 1. The Morgan fingerprint density at radius 2 is 1.76 bits per heavy atom. The molecule has 1 amide bonds. The molecule has 3 rings (SSSR count). The number of hydrogen-bond donors (Lipinski definition) is 2. The summed E-state index contributed by atoms with van der Waals surface area (Å²) in [5.74, 6) is 0.965. The number of aliphatic hydroxyl groups excluding tert-OH is 1. The van der Waals surface area contributed by atoms with Crippen LogP contribution in [0.2, 0.25) is 5.02 Å². The third-order valence-corrected chi connectivity index (χ3v) is 3.80. The second-order valence-corrected chi connectivity index (χ2v) is 5.81. The van der Waals surface area contributed by atoms with E-state index in [9.17, 15) is 4.79 Å². The van der Waals surface area contributed by atoms with Crippen molar-refractivity contribution in [2.45, 2.75) is 6.61 Å². The third-order valence-electron chi connectivity index (χ3n) is 3.55. The Bertz CT molecular complexity index is 880. The topological polar surface area (TPSA) is 62.5 Å². The van der Waals surface area contributed by atoms with Crippen LogP contribution in [0.3, 0.4) is 0 Å². The molecule has 0 radical (unpaired) electrons. The van der Waals surface area contributed by atoms with Gasteiger partial charge in [0, 0.05) is 22.3 Å². The van der Waals surface area contributed by atoms with Gasteiger partial charge in [0.15, 0.2) is 0 Å². The second kappa shape index (κ2) is 7.83. The summed E-state index contributed by atoms with van der Waals surface area (Å²) < 4.78 is 5.48. The van der Waals surface area contributed by atoms with Gasteiger partial charge in [0.25, 0.3) is 0 Å². The van der Waals surface area contributed by atoms with Gasteiger partial charge in [0.1, 0.15) is 18.1 Å². The molecule has 126 valence electrons. The molecule has 2 aromatic carbocycles. The molecular weight excluding hydrogens is 338 g/mol. The zero-order chi connectivity index (χ0) is 17.6. The highest BCUT2D eigenvalue weighted by Gasteiger charge is 2.05. The Balaban J connectivity index is 1.62. The van der Waals surface area contributed by atoms with Crippen molar-refractivity contribution in [2.24, 2.45) is 0 Å². The Hall–Kier alpha value is -2.82. The molecule has 1 heterocycles. The number of carbonyl (C=O) groups is 1. The quantitative estimate of drug-likeness (QED) is 0.651. The fourth-order valence-corrected chi connectivity index (χ4v) is 2.39. The maximum atomic E-state index is 12.0. The Morgan fingerprint density at radius 1 is 1.04 bits per heavy atom. The Kier molecular flexibility index (Phi) is 5.33. The molecule has 5 heteroatoms. The van der Waals surface area contributed by atoms with Crippen LogP contribution in [-0.2, 0) is 11.4 Å². The normalized spacial score (nSPS) is 11.0. The van der Waals surface area contributed by atoms with Crippen LogP contribution in [0, 0.1) is 0 Å². The van der Waals surface area contributed by atoms with Crippen molar-refractivity contribution >= 4 is 29.3 Å². The summed E-state index contributed by atoms with van der Waals surface area (Å²) in [6, 6.07) is 18.0. The molecule has 0 atom stereocenters. The number of nitrogens with one attached hydrogen (secondary N) is 1. The number of rotatable bonds is 5. The first-order valence-corrected chi connectivity index (χ1v) is 8.06. The van der Waals surface area contributed by atoms with Crippen molar-refractivity contribution in [1.82, 2.24) is 0 Å². The smallest absolute Gasteiger partial charge is 0.248 e. The first-order valence-electron chi connectivity index (χ1n) is 7.69. The standard InChI is InChI=1S/C20H16ClNO3/c21-16-6-1-14(2-7-16)3-12-20(24)22-17-8-4-15(5-9-17)19-11-10-18(13-23)25-19/h1-12,23H,13H2,(H,22,24)/b12-3+. The maximum absolute atomic E-state index is 12.0. The second-order valence-electron chi connectivity index (χ2n) is 5.38. The first kappa shape index (κ1) is 17.0. The summed E-state index contributed by atoms with van der Waals surface area (Å²) in [5.41, 5.74) is 2.45. The van der Waals surface area contributed by atoms with E-state index < -0.39 is 0 Å². The van der Waals surface area contributed by atoms with Gasteiger partial charge in [-0.05, 0) is 60.2 Å². The van der Waals surface area contributed by atoms with Gasteiger partial charge in [-0.25, -0.2) is 0 Å². The molecule has 0 saturated heterocycles. The highest BCUT2D eigenvalue weighted by Crippen LogP contribution is 2.23. The monoisotopic (exact) mass is 353 g/mol. The Labute approximate surface area is 150 Å². The SMILES string of the molecule is O=C(/C=C/c1ccc(Cl)cc1)Nc1ccc(-c2ccc(CO)o2)cc1. The fraction of sp³-hybridized carbons (Fsp3) is 0.0500. The maximum Gasteiger partial charge on any atom is 0.248 e. The molecule has 0 aliphatic rings. The molecule has 0 aliphatic carbocycles. The number of halogens is 1. The van der Waals surface area contributed by atoms with Gasteiger partial charge < -0.3 is 14.8 Å². The van der Waals surface area contributed by atoms with E-state index in [2.05, 4.69) is 5.32 Å². The average molecular weight is 354 g/mol. The lowest BCUT2D eigenvalue weighted by molar-refractivity contribution is -0.111. The van der Waals surface area contributed by atoms with E-state index in [4.69, 9.17) is 21.1 Å². The van der Waals surface area contributed by atoms with Crippen molar-refractivity contribution in [1.29, 1.82) is 0 Å². The molecule has 2 N–H and O–H groups in total. The van der Waals surface area contributed by atoms with Crippen molar-refractivity contribution in [3.8, 4) is 11.3 Å². The van der Waals surface area contributed by atoms with Crippen LogP contribution in [0.25, 0.3) is 17.4 Å². The number of aliphatic hydroxyl groups is 1. The molecule has 0 unspecified atom stereocenters. The summed E-state index contributed by atoms with van der Waals surface area (Å²) >= 11 is 5.83. The minimum atomic E-state index is -0.219. The van der Waals surface area contributed by atoms with E-state index in [0.29, 0.717) is 22.2 Å². The molecule has 0 saturated carbocycles. The van der Waals surface area contributed by atoms with E-state index in [1.54, 1.807) is 42.5 Å². The molecule has 25 heavy (non-hydrogen) atoms. The Morgan fingerprint density at radius 3 is 2.40 bits per heavy atom. The third kappa shape index (κ3) is 4.59. The van der Waals surface area contributed by atoms with Crippen molar-refractivity contribution < 1.29 is 14.3 Å². The summed E-state index contributed by atoms with van der Waals surface area (Å²) in [6.07, 6.45) is 3.19. The fourth-order valence-electron chi connectivity index (χ4n) is 2.27. The van der Waals surface area contributed by atoms with Crippen LogP contribution in [0.4, 0.5) is 5.69 Å². The minimum Gasteiger partial charge on any atom is -0.459 e. The van der Waals surface area contributed by atoms with E-state index in [0.717, 1.165) is 11.1 Å². The predicted molar refractivity (Wildman–Crippen MR) is 99.2 cm³/mol. The molecule has 1 aromatic heterocycles. The number of carbonyl (C=O) groups excluding carboxylic acids is 1. The highest BCUT2D eigenvalue weighted by atomic mass is 35.5. The molecule has 3 aromatic rings. The van der Waals surface area contributed by atoms with Crippen molar-refractivity contribution in [3.63, 3.8) is 0 Å². The largest absolute Gasteiger partial charge is 0.459 e. The van der Waals surface area contributed by atoms with E-state index in [1.807, 2.05) is 24.3 Å². The lowest BCUT2D eigenvalue weighted by Crippen LogP contribution is -2.07. The average Bonchev–Trinajstić information content (AvgIpc) is 3.11. The van der Waals surface area contributed by atoms with Gasteiger partial charge >= 0.3 is 0 Å². The summed E-state index contributed by atoms with van der Waals surface area (Å²) in [7, 11) is 0. The van der Waals surface area contributed by atoms with Crippen LogP contribution in [0.5, 0.6) is 0 Å². The zero-order valence-electron chi connectivity index (χ0n) is 13.3. The van der Waals surface area contributed by atoms with E-state index >= 15 is 0 Å². The highest BCUT2D eigenvalue weighted by molar-refractivity contribution is 6.30. The molecule has 0 spiro atoms. The van der Waals surface area contributed by atoms with Crippen LogP contribution >= 0.6 is 11.6 Å². The van der Waals surface area contributed by atoms with Crippen LogP contribution < -0.4 is 5.32 Å². The predicted octanol–water partition coefficient (Wildman–Crippen LogP) is 4.74.